The molecule has 1 atom stereocenters. The van der Waals surface area contributed by atoms with Crippen LogP contribution in [0.4, 0.5) is 0 Å². The van der Waals surface area contributed by atoms with Gasteiger partial charge in [0.25, 0.3) is 0 Å². The molecule has 0 aliphatic heterocycles. The first-order valence-corrected chi connectivity index (χ1v) is 5.93. The molecule has 2 heteroatoms. The van der Waals surface area contributed by atoms with Crippen LogP contribution in [0.15, 0.2) is 0 Å². The Hall–Kier alpha value is -0.0800. The Morgan fingerprint density at radius 3 is 2.36 bits per heavy atom. The van der Waals surface area contributed by atoms with Crippen LogP contribution in [-0.4, -0.2) is 24.3 Å². The summed E-state index contributed by atoms with van der Waals surface area (Å²) in [7, 11) is 1.94. The van der Waals surface area contributed by atoms with Gasteiger partial charge in [-0.05, 0) is 51.6 Å². The van der Waals surface area contributed by atoms with Crippen LogP contribution in [-0.2, 0) is 0 Å². The summed E-state index contributed by atoms with van der Waals surface area (Å²) < 4.78 is 0. The van der Waals surface area contributed by atoms with E-state index in [1.54, 1.807) is 0 Å². The number of nitrogens with one attached hydrogen (secondary N) is 1. The van der Waals surface area contributed by atoms with Crippen molar-refractivity contribution < 1.29 is 5.11 Å². The molecule has 0 aromatic heterocycles. The fourth-order valence-corrected chi connectivity index (χ4v) is 2.46. The molecule has 0 bridgehead atoms. The van der Waals surface area contributed by atoms with E-state index in [0.717, 1.165) is 18.9 Å². The predicted molar refractivity (Wildman–Crippen MR) is 60.3 cm³/mol. The van der Waals surface area contributed by atoms with E-state index >= 15 is 0 Å². The molecule has 0 spiro atoms. The van der Waals surface area contributed by atoms with Crippen molar-refractivity contribution in [3.8, 4) is 0 Å². The Balaban J connectivity index is 2.38. The van der Waals surface area contributed by atoms with Crippen molar-refractivity contribution in [3.63, 3.8) is 0 Å². The third-order valence-electron chi connectivity index (χ3n) is 3.78. The van der Waals surface area contributed by atoms with E-state index in [2.05, 4.69) is 12.2 Å². The smallest absolute Gasteiger partial charge is 0.0659 e. The van der Waals surface area contributed by atoms with Crippen molar-refractivity contribution >= 4 is 0 Å². The van der Waals surface area contributed by atoms with E-state index in [1.807, 2.05) is 14.0 Å². The highest BCUT2D eigenvalue weighted by molar-refractivity contribution is 4.85. The molecular weight excluding hydrogens is 174 g/mol. The minimum Gasteiger partial charge on any atom is -0.390 e. The average Bonchev–Trinajstić information content (AvgIpc) is 2.16. The summed E-state index contributed by atoms with van der Waals surface area (Å²) in [4.78, 5) is 0. The van der Waals surface area contributed by atoms with Crippen molar-refractivity contribution in [3.05, 3.63) is 0 Å². The lowest BCUT2D eigenvalue weighted by molar-refractivity contribution is -0.0273. The predicted octanol–water partition coefficient (Wildman–Crippen LogP) is 2.17. The van der Waals surface area contributed by atoms with E-state index < -0.39 is 5.60 Å². The summed E-state index contributed by atoms with van der Waals surface area (Å²) in [5, 5.41) is 13.4. The van der Waals surface area contributed by atoms with Gasteiger partial charge in [0.1, 0.15) is 0 Å². The minimum absolute atomic E-state index is 0.455. The maximum Gasteiger partial charge on any atom is 0.0659 e. The monoisotopic (exact) mass is 199 g/mol. The molecule has 0 aromatic rings. The Morgan fingerprint density at radius 2 is 1.86 bits per heavy atom. The zero-order valence-corrected chi connectivity index (χ0v) is 9.84. The molecule has 1 saturated carbocycles. The standard InChI is InChI=1S/C12H25NO/c1-10-4-6-11(7-5-10)12(2,14)8-9-13-3/h10-11,13-14H,4-9H2,1-3H3. The van der Waals surface area contributed by atoms with Gasteiger partial charge in [-0.3, -0.25) is 0 Å². The summed E-state index contributed by atoms with van der Waals surface area (Å²) in [6.07, 6.45) is 5.87. The van der Waals surface area contributed by atoms with Crippen LogP contribution < -0.4 is 5.32 Å². The molecule has 1 aliphatic rings. The van der Waals surface area contributed by atoms with Gasteiger partial charge in [-0.1, -0.05) is 19.8 Å². The summed E-state index contributed by atoms with van der Waals surface area (Å²) in [5.41, 5.74) is -0.455. The summed E-state index contributed by atoms with van der Waals surface area (Å²) in [6.45, 7) is 5.24. The molecule has 1 unspecified atom stereocenters. The second kappa shape index (κ2) is 5.13. The molecule has 0 amide bonds. The van der Waals surface area contributed by atoms with Crippen LogP contribution in [0.25, 0.3) is 0 Å². The summed E-state index contributed by atoms with van der Waals surface area (Å²) in [5.74, 6) is 1.39. The molecule has 1 aliphatic carbocycles. The van der Waals surface area contributed by atoms with E-state index in [1.165, 1.54) is 25.7 Å². The van der Waals surface area contributed by atoms with Gasteiger partial charge in [-0.2, -0.15) is 0 Å². The first-order valence-electron chi connectivity index (χ1n) is 5.93. The number of hydrogen-bond donors (Lipinski definition) is 2. The lowest BCUT2D eigenvalue weighted by Gasteiger charge is -2.37. The number of aliphatic hydroxyl groups is 1. The van der Waals surface area contributed by atoms with Crippen molar-refractivity contribution in [1.82, 2.24) is 5.32 Å². The number of hydrogen-bond acceptors (Lipinski definition) is 2. The van der Waals surface area contributed by atoms with Gasteiger partial charge in [0.05, 0.1) is 5.60 Å². The van der Waals surface area contributed by atoms with Gasteiger partial charge in [-0.25, -0.2) is 0 Å². The van der Waals surface area contributed by atoms with Gasteiger partial charge in [0.2, 0.25) is 0 Å². The van der Waals surface area contributed by atoms with Crippen LogP contribution in [0.1, 0.15) is 46.0 Å². The van der Waals surface area contributed by atoms with E-state index in [0.29, 0.717) is 5.92 Å². The number of rotatable bonds is 4. The van der Waals surface area contributed by atoms with Crippen LogP contribution in [0.3, 0.4) is 0 Å². The molecule has 0 aromatic carbocycles. The topological polar surface area (TPSA) is 32.3 Å². The molecule has 1 rings (SSSR count). The molecule has 2 N–H and O–H groups in total. The van der Waals surface area contributed by atoms with Gasteiger partial charge in [0.15, 0.2) is 0 Å². The summed E-state index contributed by atoms with van der Waals surface area (Å²) in [6, 6.07) is 0. The van der Waals surface area contributed by atoms with Crippen LogP contribution >= 0.6 is 0 Å². The SMILES string of the molecule is CNCCC(C)(O)C1CCC(C)CC1. The Bertz CT molecular complexity index is 160. The fraction of sp³-hybridized carbons (Fsp3) is 1.00. The maximum absolute atomic E-state index is 10.3. The summed E-state index contributed by atoms with van der Waals surface area (Å²) >= 11 is 0. The average molecular weight is 199 g/mol. The first-order chi connectivity index (χ1) is 6.56. The lowest BCUT2D eigenvalue weighted by Crippen LogP contribution is -2.39. The highest BCUT2D eigenvalue weighted by atomic mass is 16.3. The fourth-order valence-electron chi connectivity index (χ4n) is 2.46. The molecule has 14 heavy (non-hydrogen) atoms. The van der Waals surface area contributed by atoms with E-state index in [9.17, 15) is 5.11 Å². The molecular formula is C12H25NO. The Kier molecular flexibility index (Phi) is 4.39. The van der Waals surface area contributed by atoms with Crippen molar-refractivity contribution in [2.75, 3.05) is 13.6 Å². The second-order valence-electron chi connectivity index (χ2n) is 5.17. The molecule has 0 saturated heterocycles. The van der Waals surface area contributed by atoms with Crippen molar-refractivity contribution in [2.45, 2.75) is 51.6 Å². The van der Waals surface area contributed by atoms with Crippen LogP contribution in [0, 0.1) is 11.8 Å². The lowest BCUT2D eigenvalue weighted by atomic mass is 9.73. The van der Waals surface area contributed by atoms with Gasteiger partial charge in [0, 0.05) is 0 Å². The molecule has 84 valence electrons. The second-order valence-corrected chi connectivity index (χ2v) is 5.17. The third-order valence-corrected chi connectivity index (χ3v) is 3.78. The third kappa shape index (κ3) is 3.25. The molecule has 0 heterocycles. The Labute approximate surface area is 88.1 Å². The highest BCUT2D eigenvalue weighted by Gasteiger charge is 2.33. The van der Waals surface area contributed by atoms with Crippen LogP contribution in [0.5, 0.6) is 0 Å². The van der Waals surface area contributed by atoms with Crippen molar-refractivity contribution in [2.24, 2.45) is 11.8 Å². The zero-order valence-electron chi connectivity index (χ0n) is 9.84. The highest BCUT2D eigenvalue weighted by Crippen LogP contribution is 2.36. The first kappa shape index (κ1) is 12.0. The molecule has 2 nitrogen and oxygen atoms in total. The zero-order chi connectivity index (χ0) is 10.6. The molecule has 0 radical (unpaired) electrons. The van der Waals surface area contributed by atoms with Crippen molar-refractivity contribution in [1.29, 1.82) is 0 Å². The van der Waals surface area contributed by atoms with E-state index in [-0.39, 0.29) is 0 Å². The van der Waals surface area contributed by atoms with Gasteiger partial charge < -0.3 is 10.4 Å². The van der Waals surface area contributed by atoms with Gasteiger partial charge >= 0.3 is 0 Å². The van der Waals surface area contributed by atoms with Gasteiger partial charge in [-0.15, -0.1) is 0 Å². The quantitative estimate of drug-likeness (QED) is 0.727. The maximum atomic E-state index is 10.3. The van der Waals surface area contributed by atoms with E-state index in [4.69, 9.17) is 0 Å². The van der Waals surface area contributed by atoms with Crippen LogP contribution in [0.2, 0.25) is 0 Å². The molecule has 1 fully saturated rings. The normalized spacial score (nSPS) is 32.6. The largest absolute Gasteiger partial charge is 0.390 e. The Morgan fingerprint density at radius 1 is 1.29 bits per heavy atom. The minimum atomic E-state index is -0.455.